The van der Waals surface area contributed by atoms with Gasteiger partial charge >= 0.3 is 0 Å². The average molecular weight is 313 g/mol. The van der Waals surface area contributed by atoms with Crippen LogP contribution in [-0.2, 0) is 0 Å². The molecule has 1 aliphatic carbocycles. The maximum atomic E-state index is 13.2. The van der Waals surface area contributed by atoms with Crippen molar-refractivity contribution in [1.82, 2.24) is 4.90 Å². The predicted molar refractivity (Wildman–Crippen MR) is 73.7 cm³/mol. The van der Waals surface area contributed by atoms with Crippen molar-refractivity contribution in [3.05, 3.63) is 34.1 Å². The second-order valence-corrected chi connectivity index (χ2v) is 6.30. The molecule has 2 fully saturated rings. The minimum absolute atomic E-state index is 0.204. The second-order valence-electron chi connectivity index (χ2n) is 5.45. The van der Waals surface area contributed by atoms with Crippen molar-refractivity contribution in [3.63, 3.8) is 0 Å². The van der Waals surface area contributed by atoms with Crippen molar-refractivity contribution in [3.8, 4) is 0 Å². The fraction of sp³-hybridized carbons (Fsp3) is 0.571. The van der Waals surface area contributed by atoms with E-state index in [-0.39, 0.29) is 11.9 Å². The van der Waals surface area contributed by atoms with Gasteiger partial charge in [-0.1, -0.05) is 22.0 Å². The van der Waals surface area contributed by atoms with Gasteiger partial charge in [0.1, 0.15) is 5.82 Å². The molecule has 0 aromatic heterocycles. The Hall–Kier alpha value is -0.450. The van der Waals surface area contributed by atoms with E-state index in [0.29, 0.717) is 12.6 Å². The van der Waals surface area contributed by atoms with Crippen LogP contribution in [0, 0.1) is 11.7 Å². The highest BCUT2D eigenvalue weighted by molar-refractivity contribution is 9.10. The van der Waals surface area contributed by atoms with E-state index in [1.54, 1.807) is 0 Å². The molecule has 3 rings (SSSR count). The summed E-state index contributed by atoms with van der Waals surface area (Å²) in [6.45, 7) is 1.74. The summed E-state index contributed by atoms with van der Waals surface area (Å²) in [4.78, 5) is 2.52. The van der Waals surface area contributed by atoms with Crippen molar-refractivity contribution in [2.45, 2.75) is 31.3 Å². The molecule has 1 aromatic carbocycles. The van der Waals surface area contributed by atoms with Crippen LogP contribution in [0.1, 0.15) is 30.9 Å². The quantitative estimate of drug-likeness (QED) is 0.929. The van der Waals surface area contributed by atoms with Crippen LogP contribution in [0.5, 0.6) is 0 Å². The number of rotatable bonds is 3. The summed E-state index contributed by atoms with van der Waals surface area (Å²) >= 11 is 3.47. The largest absolute Gasteiger partial charge is 0.329 e. The molecule has 3 atom stereocenters. The molecule has 0 amide bonds. The van der Waals surface area contributed by atoms with Crippen LogP contribution >= 0.6 is 15.9 Å². The molecule has 4 heteroatoms. The highest BCUT2D eigenvalue weighted by Crippen LogP contribution is 2.42. The molecule has 1 heterocycles. The third-order valence-corrected chi connectivity index (χ3v) is 5.08. The lowest BCUT2D eigenvalue weighted by molar-refractivity contribution is 0.152. The lowest BCUT2D eigenvalue weighted by atomic mass is 10.0. The number of hydrogen-bond donors (Lipinski definition) is 1. The maximum Gasteiger partial charge on any atom is 0.124 e. The van der Waals surface area contributed by atoms with Gasteiger partial charge in [0.15, 0.2) is 0 Å². The zero-order valence-electron chi connectivity index (χ0n) is 10.3. The minimum Gasteiger partial charge on any atom is -0.329 e. The number of hydrogen-bond acceptors (Lipinski definition) is 2. The highest BCUT2D eigenvalue weighted by Gasteiger charge is 2.41. The first kappa shape index (κ1) is 12.6. The Kier molecular flexibility index (Phi) is 3.43. The molecule has 2 nitrogen and oxygen atoms in total. The standard InChI is InChI=1S/C14H18BrFN2/c15-13-6-10(16)2-4-12(13)14(7-17)18-8-9-1-3-11(18)5-9/h2,4,6,9,11,14H,1,3,5,7-8,17H2. The highest BCUT2D eigenvalue weighted by atomic mass is 79.9. The van der Waals surface area contributed by atoms with Crippen molar-refractivity contribution in [2.75, 3.05) is 13.1 Å². The van der Waals surface area contributed by atoms with E-state index in [4.69, 9.17) is 5.73 Å². The number of halogens is 2. The fourth-order valence-corrected chi connectivity index (χ4v) is 4.17. The molecule has 2 bridgehead atoms. The zero-order chi connectivity index (χ0) is 12.7. The molecule has 1 aliphatic heterocycles. The summed E-state index contributed by atoms with van der Waals surface area (Å²) < 4.78 is 14.0. The molecule has 3 unspecified atom stereocenters. The molecule has 2 aliphatic rings. The van der Waals surface area contributed by atoms with E-state index in [1.807, 2.05) is 6.07 Å². The van der Waals surface area contributed by atoms with Crippen LogP contribution in [0.2, 0.25) is 0 Å². The smallest absolute Gasteiger partial charge is 0.124 e. The Morgan fingerprint density at radius 1 is 1.44 bits per heavy atom. The molecule has 98 valence electrons. The summed E-state index contributed by atoms with van der Waals surface area (Å²) in [5.41, 5.74) is 7.08. The third kappa shape index (κ3) is 2.10. The summed E-state index contributed by atoms with van der Waals surface area (Å²) in [5, 5.41) is 0. The molecule has 0 spiro atoms. The van der Waals surface area contributed by atoms with E-state index in [0.717, 1.165) is 22.5 Å². The molecule has 0 radical (unpaired) electrons. The fourth-order valence-electron chi connectivity index (χ4n) is 3.56. The Bertz CT molecular complexity index is 451. The van der Waals surface area contributed by atoms with E-state index < -0.39 is 0 Å². The van der Waals surface area contributed by atoms with E-state index in [2.05, 4.69) is 20.8 Å². The van der Waals surface area contributed by atoms with Gasteiger partial charge in [0.05, 0.1) is 0 Å². The first-order valence-electron chi connectivity index (χ1n) is 6.60. The monoisotopic (exact) mass is 312 g/mol. The minimum atomic E-state index is -0.204. The Morgan fingerprint density at radius 3 is 2.83 bits per heavy atom. The van der Waals surface area contributed by atoms with Gasteiger partial charge in [-0.05, 0) is 42.9 Å². The Balaban J connectivity index is 1.88. The number of nitrogens with two attached hydrogens (primary N) is 1. The molecule has 18 heavy (non-hydrogen) atoms. The van der Waals surface area contributed by atoms with Crippen molar-refractivity contribution in [2.24, 2.45) is 11.7 Å². The third-order valence-electron chi connectivity index (χ3n) is 4.40. The van der Waals surface area contributed by atoms with Gasteiger partial charge in [-0.25, -0.2) is 4.39 Å². The molecule has 1 saturated carbocycles. The van der Waals surface area contributed by atoms with Gasteiger partial charge in [-0.15, -0.1) is 0 Å². The van der Waals surface area contributed by atoms with Gasteiger partial charge in [-0.2, -0.15) is 0 Å². The van der Waals surface area contributed by atoms with Gasteiger partial charge in [0.25, 0.3) is 0 Å². The van der Waals surface area contributed by atoms with Gasteiger partial charge in [0.2, 0.25) is 0 Å². The Morgan fingerprint density at radius 2 is 2.28 bits per heavy atom. The lowest BCUT2D eigenvalue weighted by Crippen LogP contribution is -2.39. The normalized spacial score (nSPS) is 28.8. The maximum absolute atomic E-state index is 13.2. The van der Waals surface area contributed by atoms with Crippen LogP contribution in [-0.4, -0.2) is 24.0 Å². The van der Waals surface area contributed by atoms with Gasteiger partial charge in [-0.3, -0.25) is 4.90 Å². The second kappa shape index (κ2) is 4.91. The summed E-state index contributed by atoms with van der Waals surface area (Å²) in [6.07, 6.45) is 3.97. The number of fused-ring (bicyclic) bond motifs is 2. The van der Waals surface area contributed by atoms with Crippen molar-refractivity contribution in [1.29, 1.82) is 0 Å². The molecular weight excluding hydrogens is 295 g/mol. The van der Waals surface area contributed by atoms with Crippen LogP contribution in [0.4, 0.5) is 4.39 Å². The molecule has 1 aromatic rings. The SMILES string of the molecule is NCC(c1ccc(F)cc1Br)N1CC2CCC1C2. The zero-order valence-corrected chi connectivity index (χ0v) is 11.9. The summed E-state index contributed by atoms with van der Waals surface area (Å²) in [7, 11) is 0. The number of benzene rings is 1. The topological polar surface area (TPSA) is 29.3 Å². The average Bonchev–Trinajstić information content (AvgIpc) is 2.95. The van der Waals surface area contributed by atoms with Crippen LogP contribution < -0.4 is 5.73 Å². The number of piperidine rings is 1. The Labute approximate surface area is 115 Å². The van der Waals surface area contributed by atoms with Crippen LogP contribution in [0.25, 0.3) is 0 Å². The first-order chi connectivity index (χ1) is 8.69. The van der Waals surface area contributed by atoms with Gasteiger partial charge < -0.3 is 5.73 Å². The predicted octanol–water partition coefficient (Wildman–Crippen LogP) is 3.07. The number of likely N-dealkylation sites (tertiary alicyclic amines) is 1. The molecular formula is C14H18BrFN2. The van der Waals surface area contributed by atoms with E-state index in [9.17, 15) is 4.39 Å². The van der Waals surface area contributed by atoms with Gasteiger partial charge in [0, 0.05) is 29.6 Å². The summed E-state index contributed by atoms with van der Waals surface area (Å²) in [5.74, 6) is 0.646. The molecule has 2 N–H and O–H groups in total. The lowest BCUT2D eigenvalue weighted by Gasteiger charge is -2.35. The van der Waals surface area contributed by atoms with Crippen LogP contribution in [0.3, 0.4) is 0 Å². The van der Waals surface area contributed by atoms with Crippen LogP contribution in [0.15, 0.2) is 22.7 Å². The van der Waals surface area contributed by atoms with Crippen molar-refractivity contribution < 1.29 is 4.39 Å². The van der Waals surface area contributed by atoms with Crippen molar-refractivity contribution >= 4 is 15.9 Å². The molecule has 1 saturated heterocycles. The summed E-state index contributed by atoms with van der Waals surface area (Å²) in [6, 6.07) is 5.82. The van der Waals surface area contributed by atoms with E-state index in [1.165, 1.54) is 31.4 Å². The first-order valence-corrected chi connectivity index (χ1v) is 7.39. The number of nitrogens with zero attached hydrogens (tertiary/aromatic N) is 1. The van der Waals surface area contributed by atoms with E-state index >= 15 is 0 Å².